The van der Waals surface area contributed by atoms with Crippen LogP contribution >= 0.6 is 0 Å². The monoisotopic (exact) mass is 236 g/mol. The van der Waals surface area contributed by atoms with Gasteiger partial charge in [0.15, 0.2) is 0 Å². The molecule has 2 heterocycles. The van der Waals surface area contributed by atoms with Crippen molar-refractivity contribution in [2.75, 3.05) is 6.54 Å². The molecule has 0 bridgehead atoms. The first-order chi connectivity index (χ1) is 8.18. The SMILES string of the molecule is Cn1ccnc1CCC1NCCCC1C(N)=O. The van der Waals surface area contributed by atoms with Crippen LogP contribution in [-0.2, 0) is 18.3 Å². The van der Waals surface area contributed by atoms with Crippen LogP contribution in [0.5, 0.6) is 0 Å². The molecule has 2 rings (SSSR count). The Balaban J connectivity index is 1.92. The van der Waals surface area contributed by atoms with Crippen molar-refractivity contribution < 1.29 is 4.79 Å². The van der Waals surface area contributed by atoms with E-state index >= 15 is 0 Å². The van der Waals surface area contributed by atoms with Gasteiger partial charge in [-0.25, -0.2) is 4.98 Å². The molecule has 17 heavy (non-hydrogen) atoms. The number of carbonyl (C=O) groups excluding carboxylic acids is 1. The molecule has 5 nitrogen and oxygen atoms in total. The Bertz CT molecular complexity index is 388. The fraction of sp³-hybridized carbons (Fsp3) is 0.667. The molecule has 3 N–H and O–H groups in total. The second kappa shape index (κ2) is 5.31. The van der Waals surface area contributed by atoms with E-state index in [1.165, 1.54) is 0 Å². The van der Waals surface area contributed by atoms with Gasteiger partial charge in [-0.05, 0) is 25.8 Å². The molecule has 1 fully saturated rings. The van der Waals surface area contributed by atoms with Gasteiger partial charge in [0.2, 0.25) is 5.91 Å². The van der Waals surface area contributed by atoms with E-state index < -0.39 is 0 Å². The molecule has 0 saturated carbocycles. The number of nitrogens with one attached hydrogen (secondary N) is 1. The molecule has 0 aromatic carbocycles. The Morgan fingerprint density at radius 3 is 3.18 bits per heavy atom. The molecule has 1 saturated heterocycles. The summed E-state index contributed by atoms with van der Waals surface area (Å²) < 4.78 is 2.02. The summed E-state index contributed by atoms with van der Waals surface area (Å²) in [7, 11) is 1.99. The lowest BCUT2D eigenvalue weighted by atomic mass is 9.87. The Morgan fingerprint density at radius 1 is 1.71 bits per heavy atom. The lowest BCUT2D eigenvalue weighted by molar-refractivity contribution is -0.123. The summed E-state index contributed by atoms with van der Waals surface area (Å²) in [6.07, 6.45) is 7.48. The van der Waals surface area contributed by atoms with Gasteiger partial charge in [-0.1, -0.05) is 0 Å². The van der Waals surface area contributed by atoms with E-state index in [-0.39, 0.29) is 17.9 Å². The Morgan fingerprint density at radius 2 is 2.53 bits per heavy atom. The smallest absolute Gasteiger partial charge is 0.222 e. The van der Waals surface area contributed by atoms with E-state index in [9.17, 15) is 4.79 Å². The van der Waals surface area contributed by atoms with Crippen LogP contribution in [-0.4, -0.2) is 28.0 Å². The van der Waals surface area contributed by atoms with Gasteiger partial charge in [0.25, 0.3) is 0 Å². The molecule has 2 atom stereocenters. The van der Waals surface area contributed by atoms with Crippen LogP contribution in [0, 0.1) is 5.92 Å². The molecule has 0 spiro atoms. The van der Waals surface area contributed by atoms with Crippen LogP contribution in [0.15, 0.2) is 12.4 Å². The molecule has 1 aliphatic rings. The molecule has 0 radical (unpaired) electrons. The molecule has 5 heteroatoms. The van der Waals surface area contributed by atoms with Gasteiger partial charge in [0, 0.05) is 31.9 Å². The molecule has 1 aliphatic heterocycles. The zero-order valence-electron chi connectivity index (χ0n) is 10.2. The Labute approximate surface area is 101 Å². The van der Waals surface area contributed by atoms with E-state index in [4.69, 9.17) is 5.73 Å². The van der Waals surface area contributed by atoms with Crippen molar-refractivity contribution in [3.8, 4) is 0 Å². The van der Waals surface area contributed by atoms with Gasteiger partial charge in [-0.2, -0.15) is 0 Å². The first kappa shape index (κ1) is 12.1. The van der Waals surface area contributed by atoms with Crippen LogP contribution in [0.1, 0.15) is 25.1 Å². The molecule has 2 unspecified atom stereocenters. The van der Waals surface area contributed by atoms with Crippen molar-refractivity contribution in [3.63, 3.8) is 0 Å². The van der Waals surface area contributed by atoms with Gasteiger partial charge in [0.05, 0.1) is 5.92 Å². The van der Waals surface area contributed by atoms with Crippen LogP contribution in [0.3, 0.4) is 0 Å². The number of nitrogens with two attached hydrogens (primary N) is 1. The number of hydrogen-bond acceptors (Lipinski definition) is 3. The van der Waals surface area contributed by atoms with Crippen molar-refractivity contribution in [2.45, 2.75) is 31.7 Å². The molecule has 1 aromatic rings. The van der Waals surface area contributed by atoms with Gasteiger partial charge in [0.1, 0.15) is 5.82 Å². The Kier molecular flexibility index (Phi) is 3.78. The highest BCUT2D eigenvalue weighted by Crippen LogP contribution is 2.19. The number of aromatic nitrogens is 2. The standard InChI is InChI=1S/C12H20N4O/c1-16-8-7-15-11(16)5-4-10-9(12(13)17)3-2-6-14-10/h7-10,14H,2-6H2,1H3,(H2,13,17). The average molecular weight is 236 g/mol. The highest BCUT2D eigenvalue weighted by molar-refractivity contribution is 5.77. The lowest BCUT2D eigenvalue weighted by Gasteiger charge is -2.30. The topological polar surface area (TPSA) is 72.9 Å². The third-order valence-corrected chi connectivity index (χ3v) is 3.55. The maximum Gasteiger partial charge on any atom is 0.222 e. The fourth-order valence-electron chi connectivity index (χ4n) is 2.52. The predicted molar refractivity (Wildman–Crippen MR) is 65.2 cm³/mol. The second-order valence-corrected chi connectivity index (χ2v) is 4.70. The molecule has 94 valence electrons. The molecule has 0 aliphatic carbocycles. The second-order valence-electron chi connectivity index (χ2n) is 4.70. The average Bonchev–Trinajstić information content (AvgIpc) is 2.72. The molecule has 1 amide bonds. The lowest BCUT2D eigenvalue weighted by Crippen LogP contribution is -2.47. The number of rotatable bonds is 4. The largest absolute Gasteiger partial charge is 0.369 e. The summed E-state index contributed by atoms with van der Waals surface area (Å²) in [6.45, 7) is 0.981. The normalized spacial score (nSPS) is 24.8. The van der Waals surface area contributed by atoms with Crippen molar-refractivity contribution in [1.29, 1.82) is 0 Å². The van der Waals surface area contributed by atoms with E-state index in [0.29, 0.717) is 0 Å². The van der Waals surface area contributed by atoms with Gasteiger partial charge in [-0.15, -0.1) is 0 Å². The molecule has 1 aromatic heterocycles. The minimum Gasteiger partial charge on any atom is -0.369 e. The quantitative estimate of drug-likeness (QED) is 0.784. The zero-order valence-corrected chi connectivity index (χ0v) is 10.2. The van der Waals surface area contributed by atoms with Crippen LogP contribution in [0.2, 0.25) is 0 Å². The van der Waals surface area contributed by atoms with Crippen LogP contribution in [0.4, 0.5) is 0 Å². The number of hydrogen-bond donors (Lipinski definition) is 2. The Hall–Kier alpha value is -1.36. The maximum atomic E-state index is 11.4. The minimum absolute atomic E-state index is 0.0241. The number of primary amides is 1. The summed E-state index contributed by atoms with van der Waals surface area (Å²) in [5, 5.41) is 3.39. The summed E-state index contributed by atoms with van der Waals surface area (Å²) >= 11 is 0. The number of amides is 1. The number of carbonyl (C=O) groups is 1. The van der Waals surface area contributed by atoms with Crippen molar-refractivity contribution in [3.05, 3.63) is 18.2 Å². The van der Waals surface area contributed by atoms with E-state index in [0.717, 1.165) is 38.1 Å². The third kappa shape index (κ3) is 2.85. The predicted octanol–water partition coefficient (Wildman–Crippen LogP) is 0.206. The van der Waals surface area contributed by atoms with Crippen molar-refractivity contribution in [2.24, 2.45) is 18.7 Å². The molecular weight excluding hydrogens is 216 g/mol. The first-order valence-corrected chi connectivity index (χ1v) is 6.17. The van der Waals surface area contributed by atoms with Crippen molar-refractivity contribution >= 4 is 5.91 Å². The van der Waals surface area contributed by atoms with Gasteiger partial charge in [-0.3, -0.25) is 4.79 Å². The van der Waals surface area contributed by atoms with E-state index in [1.807, 2.05) is 17.8 Å². The third-order valence-electron chi connectivity index (χ3n) is 3.55. The van der Waals surface area contributed by atoms with Gasteiger partial charge >= 0.3 is 0 Å². The molecular formula is C12H20N4O. The highest BCUT2D eigenvalue weighted by Gasteiger charge is 2.28. The van der Waals surface area contributed by atoms with E-state index in [1.54, 1.807) is 6.20 Å². The summed E-state index contributed by atoms with van der Waals surface area (Å²) in [5.41, 5.74) is 5.44. The first-order valence-electron chi connectivity index (χ1n) is 6.17. The van der Waals surface area contributed by atoms with Gasteiger partial charge < -0.3 is 15.6 Å². The van der Waals surface area contributed by atoms with Crippen molar-refractivity contribution in [1.82, 2.24) is 14.9 Å². The zero-order chi connectivity index (χ0) is 12.3. The number of piperidine rings is 1. The number of aryl methyl sites for hydroxylation is 2. The number of nitrogens with zero attached hydrogens (tertiary/aromatic N) is 2. The minimum atomic E-state index is -0.179. The van der Waals surface area contributed by atoms with E-state index in [2.05, 4.69) is 10.3 Å². The fourth-order valence-corrected chi connectivity index (χ4v) is 2.52. The van der Waals surface area contributed by atoms with Crippen LogP contribution < -0.4 is 11.1 Å². The summed E-state index contributed by atoms with van der Waals surface area (Å²) in [4.78, 5) is 15.6. The summed E-state index contributed by atoms with van der Waals surface area (Å²) in [6, 6.07) is 0.206. The number of imidazole rings is 1. The maximum absolute atomic E-state index is 11.4. The summed E-state index contributed by atoms with van der Waals surface area (Å²) in [5.74, 6) is 0.853. The highest BCUT2D eigenvalue weighted by atomic mass is 16.1. The van der Waals surface area contributed by atoms with Crippen LogP contribution in [0.25, 0.3) is 0 Å².